The van der Waals surface area contributed by atoms with Crippen LogP contribution in [0.25, 0.3) is 4.96 Å². The molecule has 25 heavy (non-hydrogen) atoms. The van der Waals surface area contributed by atoms with Gasteiger partial charge in [0.15, 0.2) is 17.3 Å². The summed E-state index contributed by atoms with van der Waals surface area (Å²) in [6, 6.07) is 12.7. The highest BCUT2D eigenvalue weighted by Crippen LogP contribution is 2.27. The molecule has 2 aromatic carbocycles. The summed E-state index contributed by atoms with van der Waals surface area (Å²) in [4.78, 5) is 0.688. The molecule has 0 amide bonds. The molecule has 0 unspecified atom stereocenters. The molecule has 0 fully saturated rings. The number of nitrogens with zero attached hydrogens (tertiary/aromatic N) is 4. The van der Waals surface area contributed by atoms with Gasteiger partial charge >= 0.3 is 0 Å². The number of hydrogen-bond acceptors (Lipinski definition) is 7. The molecule has 2 aromatic heterocycles. The lowest BCUT2D eigenvalue weighted by atomic mass is 10.1. The molecule has 2 heterocycles. The zero-order valence-electron chi connectivity index (χ0n) is 13.3. The van der Waals surface area contributed by atoms with Gasteiger partial charge in [-0.05, 0) is 42.3 Å². The van der Waals surface area contributed by atoms with Crippen LogP contribution in [0.15, 0.2) is 42.5 Å². The first kappa shape index (κ1) is 15.4. The fourth-order valence-electron chi connectivity index (χ4n) is 2.53. The third-order valence-corrected chi connectivity index (χ3v) is 4.54. The number of aromatic hydroxyl groups is 2. The van der Waals surface area contributed by atoms with Crippen LogP contribution in [0.1, 0.15) is 17.0 Å². The standard InChI is InChI=1S/C17H15N5O2S/c1-10-3-2-4-12(7-10)18-16-21-22-15(19-20-17(22)25-16)9-11-5-6-13(23)14(24)8-11/h2-8,23-24H,9H2,1H3,(H,18,21). The molecule has 7 nitrogen and oxygen atoms in total. The third-order valence-electron chi connectivity index (χ3n) is 3.73. The van der Waals surface area contributed by atoms with Crippen LogP contribution in [0.5, 0.6) is 11.5 Å². The third kappa shape index (κ3) is 3.11. The van der Waals surface area contributed by atoms with Crippen LogP contribution >= 0.6 is 11.3 Å². The molecule has 0 bridgehead atoms. The first-order valence-electron chi connectivity index (χ1n) is 7.64. The van der Waals surface area contributed by atoms with Gasteiger partial charge in [-0.2, -0.15) is 4.52 Å². The van der Waals surface area contributed by atoms with Crippen LogP contribution in [0, 0.1) is 6.92 Å². The van der Waals surface area contributed by atoms with E-state index in [2.05, 4.69) is 20.6 Å². The predicted octanol–water partition coefficient (Wildman–Crippen LogP) is 3.24. The second-order valence-electron chi connectivity index (χ2n) is 5.71. The van der Waals surface area contributed by atoms with E-state index in [1.807, 2.05) is 31.2 Å². The molecule has 126 valence electrons. The van der Waals surface area contributed by atoms with Crippen LogP contribution in [-0.4, -0.2) is 30.0 Å². The topological polar surface area (TPSA) is 95.6 Å². The fourth-order valence-corrected chi connectivity index (χ4v) is 3.30. The Kier molecular flexibility index (Phi) is 3.73. The number of hydrogen-bond donors (Lipinski definition) is 3. The minimum absolute atomic E-state index is 0.145. The number of aromatic nitrogens is 4. The Morgan fingerprint density at radius 2 is 1.96 bits per heavy atom. The number of aryl methyl sites for hydroxylation is 1. The van der Waals surface area contributed by atoms with Crippen molar-refractivity contribution in [3.63, 3.8) is 0 Å². The quantitative estimate of drug-likeness (QED) is 0.488. The summed E-state index contributed by atoms with van der Waals surface area (Å²) in [5.41, 5.74) is 2.95. The van der Waals surface area contributed by atoms with Crippen molar-refractivity contribution in [2.45, 2.75) is 13.3 Å². The zero-order chi connectivity index (χ0) is 17.4. The van der Waals surface area contributed by atoms with Crippen molar-refractivity contribution < 1.29 is 10.2 Å². The molecule has 0 aliphatic heterocycles. The summed E-state index contributed by atoms with van der Waals surface area (Å²) >= 11 is 1.41. The van der Waals surface area contributed by atoms with Gasteiger partial charge < -0.3 is 15.5 Å². The molecule has 0 radical (unpaired) electrons. The van der Waals surface area contributed by atoms with E-state index in [-0.39, 0.29) is 11.5 Å². The summed E-state index contributed by atoms with van der Waals surface area (Å²) < 4.78 is 1.69. The van der Waals surface area contributed by atoms with Crippen LogP contribution in [0.2, 0.25) is 0 Å². The normalized spacial score (nSPS) is 11.1. The van der Waals surface area contributed by atoms with Gasteiger partial charge in [0.25, 0.3) is 0 Å². The maximum Gasteiger partial charge on any atom is 0.236 e. The summed E-state index contributed by atoms with van der Waals surface area (Å²) in [5.74, 6) is 0.361. The van der Waals surface area contributed by atoms with E-state index in [4.69, 9.17) is 0 Å². The van der Waals surface area contributed by atoms with Gasteiger partial charge in [0.1, 0.15) is 0 Å². The maximum atomic E-state index is 9.62. The Hall–Kier alpha value is -3.13. The van der Waals surface area contributed by atoms with Crippen molar-refractivity contribution in [3.8, 4) is 11.5 Å². The molecule has 8 heteroatoms. The monoisotopic (exact) mass is 353 g/mol. The van der Waals surface area contributed by atoms with E-state index < -0.39 is 0 Å². The van der Waals surface area contributed by atoms with Gasteiger partial charge in [0.2, 0.25) is 10.1 Å². The summed E-state index contributed by atoms with van der Waals surface area (Å²) in [5, 5.41) is 35.8. The molecule has 0 spiro atoms. The van der Waals surface area contributed by atoms with Crippen molar-refractivity contribution in [1.29, 1.82) is 0 Å². The molecule has 4 aromatic rings. The van der Waals surface area contributed by atoms with Gasteiger partial charge in [-0.25, -0.2) is 0 Å². The first-order chi connectivity index (χ1) is 12.1. The smallest absolute Gasteiger partial charge is 0.236 e. The van der Waals surface area contributed by atoms with E-state index in [9.17, 15) is 10.2 Å². The van der Waals surface area contributed by atoms with Gasteiger partial charge in [-0.3, -0.25) is 0 Å². The number of fused-ring (bicyclic) bond motifs is 1. The van der Waals surface area contributed by atoms with Crippen LogP contribution in [0.3, 0.4) is 0 Å². The Labute approximate surface area is 147 Å². The Bertz CT molecular complexity index is 1060. The highest BCUT2D eigenvalue weighted by atomic mass is 32.1. The van der Waals surface area contributed by atoms with E-state index in [1.54, 1.807) is 10.6 Å². The molecule has 3 N–H and O–H groups in total. The number of phenolic OH excluding ortho intramolecular Hbond substituents is 2. The average Bonchev–Trinajstić information content (AvgIpc) is 3.12. The molecule has 0 saturated carbocycles. The number of anilines is 2. The van der Waals surface area contributed by atoms with E-state index >= 15 is 0 Å². The largest absolute Gasteiger partial charge is 0.504 e. The van der Waals surface area contributed by atoms with Gasteiger partial charge in [-0.1, -0.05) is 29.5 Å². The van der Waals surface area contributed by atoms with E-state index in [0.29, 0.717) is 17.2 Å². The highest BCUT2D eigenvalue weighted by molar-refractivity contribution is 7.20. The minimum Gasteiger partial charge on any atom is -0.504 e. The molecular weight excluding hydrogens is 338 g/mol. The SMILES string of the molecule is Cc1cccc(Nc2nn3c(Cc4ccc(O)c(O)c4)nnc3s2)c1. The van der Waals surface area contributed by atoms with Crippen LogP contribution in [0.4, 0.5) is 10.8 Å². The summed E-state index contributed by atoms with van der Waals surface area (Å²) in [7, 11) is 0. The maximum absolute atomic E-state index is 9.62. The lowest BCUT2D eigenvalue weighted by Gasteiger charge is -2.03. The molecule has 0 aliphatic carbocycles. The van der Waals surface area contributed by atoms with Crippen molar-refractivity contribution in [3.05, 3.63) is 59.4 Å². The van der Waals surface area contributed by atoms with Gasteiger partial charge in [0.05, 0.1) is 0 Å². The number of phenols is 2. The van der Waals surface area contributed by atoms with Crippen molar-refractivity contribution in [2.75, 3.05) is 5.32 Å². The number of benzene rings is 2. The van der Waals surface area contributed by atoms with Crippen molar-refractivity contribution in [2.24, 2.45) is 0 Å². The Morgan fingerprint density at radius 1 is 1.08 bits per heavy atom. The van der Waals surface area contributed by atoms with Crippen LogP contribution in [-0.2, 0) is 6.42 Å². The molecular formula is C17H15N5O2S. The Balaban J connectivity index is 1.60. The minimum atomic E-state index is -0.154. The second-order valence-corrected chi connectivity index (χ2v) is 6.67. The lowest BCUT2D eigenvalue weighted by molar-refractivity contribution is 0.403. The van der Waals surface area contributed by atoms with E-state index in [1.165, 1.54) is 29.0 Å². The average molecular weight is 353 g/mol. The van der Waals surface area contributed by atoms with E-state index in [0.717, 1.165) is 16.4 Å². The summed E-state index contributed by atoms with van der Waals surface area (Å²) in [6.07, 6.45) is 0.447. The van der Waals surface area contributed by atoms with Gasteiger partial charge in [0, 0.05) is 12.1 Å². The number of rotatable bonds is 4. The number of nitrogens with one attached hydrogen (secondary N) is 1. The Morgan fingerprint density at radius 3 is 2.76 bits per heavy atom. The second kappa shape index (κ2) is 6.06. The highest BCUT2D eigenvalue weighted by Gasteiger charge is 2.13. The van der Waals surface area contributed by atoms with Crippen molar-refractivity contribution in [1.82, 2.24) is 19.8 Å². The molecule has 0 aliphatic rings. The predicted molar refractivity (Wildman–Crippen MR) is 95.7 cm³/mol. The zero-order valence-corrected chi connectivity index (χ0v) is 14.2. The van der Waals surface area contributed by atoms with Crippen LogP contribution < -0.4 is 5.32 Å². The first-order valence-corrected chi connectivity index (χ1v) is 8.46. The molecule has 0 atom stereocenters. The summed E-state index contributed by atoms with van der Waals surface area (Å²) in [6.45, 7) is 2.04. The van der Waals surface area contributed by atoms with Crippen molar-refractivity contribution >= 4 is 27.1 Å². The van der Waals surface area contributed by atoms with Gasteiger partial charge in [-0.15, -0.1) is 15.3 Å². The fraction of sp³-hybridized carbons (Fsp3) is 0.118. The molecule has 4 rings (SSSR count). The molecule has 0 saturated heterocycles. The lowest BCUT2D eigenvalue weighted by Crippen LogP contribution is -1.99.